The summed E-state index contributed by atoms with van der Waals surface area (Å²) >= 11 is 0. The van der Waals surface area contributed by atoms with Crippen LogP contribution in [0.15, 0.2) is 36.9 Å². The lowest BCUT2D eigenvalue weighted by molar-refractivity contribution is -0.129. The molecule has 1 aromatic carbocycles. The minimum Gasteiger partial charge on any atom is -0.423 e. The largest absolute Gasteiger partial charge is 0.423 e. The summed E-state index contributed by atoms with van der Waals surface area (Å²) in [5, 5.41) is 0. The van der Waals surface area contributed by atoms with Gasteiger partial charge in [-0.3, -0.25) is 9.59 Å². The molecule has 0 spiro atoms. The summed E-state index contributed by atoms with van der Waals surface area (Å²) in [4.78, 5) is 33.2. The minimum atomic E-state index is -0.562. The number of carbonyl (C=O) groups is 3. The monoisotopic (exact) mass is 232 g/mol. The van der Waals surface area contributed by atoms with E-state index in [4.69, 9.17) is 4.74 Å². The maximum Gasteiger partial charge on any atom is 0.335 e. The van der Waals surface area contributed by atoms with Gasteiger partial charge in [0.1, 0.15) is 11.5 Å². The number of hydrogen-bond donors (Lipinski definition) is 0. The van der Waals surface area contributed by atoms with Crippen LogP contribution in [0.3, 0.4) is 0 Å². The zero-order valence-electron chi connectivity index (χ0n) is 9.43. The highest BCUT2D eigenvalue weighted by atomic mass is 16.5. The van der Waals surface area contributed by atoms with Crippen molar-refractivity contribution < 1.29 is 19.1 Å². The first-order valence-corrected chi connectivity index (χ1v) is 5.00. The first kappa shape index (κ1) is 12.8. The fourth-order valence-corrected chi connectivity index (χ4v) is 1.19. The van der Waals surface area contributed by atoms with E-state index in [0.29, 0.717) is 11.3 Å². The van der Waals surface area contributed by atoms with Crippen LogP contribution in [-0.2, 0) is 9.59 Å². The summed E-state index contributed by atoms with van der Waals surface area (Å²) in [6.45, 7) is 4.63. The molecule has 0 unspecified atom stereocenters. The first-order valence-electron chi connectivity index (χ1n) is 5.00. The van der Waals surface area contributed by atoms with Gasteiger partial charge in [0.25, 0.3) is 0 Å². The molecule has 0 atom stereocenters. The van der Waals surface area contributed by atoms with E-state index < -0.39 is 5.97 Å². The Morgan fingerprint density at radius 1 is 1.24 bits per heavy atom. The van der Waals surface area contributed by atoms with E-state index in [-0.39, 0.29) is 18.0 Å². The molecule has 4 heteroatoms. The van der Waals surface area contributed by atoms with E-state index >= 15 is 0 Å². The number of Topliss-reactive ketones (excluding diaryl/α,β-unsaturated/α-hetero) is 2. The van der Waals surface area contributed by atoms with Gasteiger partial charge in [0.2, 0.25) is 0 Å². The fraction of sp³-hybridized carbons (Fsp3) is 0.154. The van der Waals surface area contributed by atoms with Crippen molar-refractivity contribution >= 4 is 17.5 Å². The molecule has 0 bridgehead atoms. The summed E-state index contributed by atoms with van der Waals surface area (Å²) in [5.74, 6) is -0.668. The maximum atomic E-state index is 11.5. The highest BCUT2D eigenvalue weighted by Crippen LogP contribution is 2.13. The van der Waals surface area contributed by atoms with Crippen LogP contribution in [0.4, 0.5) is 0 Å². The van der Waals surface area contributed by atoms with Crippen molar-refractivity contribution in [2.75, 3.05) is 0 Å². The summed E-state index contributed by atoms with van der Waals surface area (Å²) in [7, 11) is 0. The molecule has 0 aromatic heterocycles. The molecule has 1 aromatic rings. The quantitative estimate of drug-likeness (QED) is 0.256. The molecular weight excluding hydrogens is 220 g/mol. The van der Waals surface area contributed by atoms with Gasteiger partial charge < -0.3 is 4.74 Å². The predicted molar refractivity (Wildman–Crippen MR) is 61.9 cm³/mol. The highest BCUT2D eigenvalue weighted by molar-refractivity contribution is 6.07. The molecule has 4 nitrogen and oxygen atoms in total. The number of benzene rings is 1. The zero-order chi connectivity index (χ0) is 12.8. The Morgan fingerprint density at radius 3 is 2.29 bits per heavy atom. The normalized spacial score (nSPS) is 9.47. The average molecular weight is 232 g/mol. The van der Waals surface area contributed by atoms with Gasteiger partial charge in [-0.1, -0.05) is 6.58 Å². The number of esters is 1. The topological polar surface area (TPSA) is 60.4 Å². The second-order valence-electron chi connectivity index (χ2n) is 3.45. The smallest absolute Gasteiger partial charge is 0.335 e. The number of ketones is 2. The van der Waals surface area contributed by atoms with E-state index in [2.05, 4.69) is 6.58 Å². The molecule has 0 fully saturated rings. The van der Waals surface area contributed by atoms with Gasteiger partial charge in [-0.25, -0.2) is 4.79 Å². The average Bonchev–Trinajstić information content (AvgIpc) is 2.28. The van der Waals surface area contributed by atoms with Crippen molar-refractivity contribution in [3.63, 3.8) is 0 Å². The van der Waals surface area contributed by atoms with Gasteiger partial charge in [0, 0.05) is 11.6 Å². The van der Waals surface area contributed by atoms with Crippen molar-refractivity contribution in [2.45, 2.75) is 13.3 Å². The molecule has 0 heterocycles. The van der Waals surface area contributed by atoms with Crippen LogP contribution in [0.1, 0.15) is 23.7 Å². The van der Waals surface area contributed by atoms with Crippen molar-refractivity contribution in [1.82, 2.24) is 0 Å². The van der Waals surface area contributed by atoms with Crippen LogP contribution < -0.4 is 4.74 Å². The second kappa shape index (κ2) is 5.75. The lowest BCUT2D eigenvalue weighted by atomic mass is 10.1. The molecule has 0 aliphatic rings. The summed E-state index contributed by atoms with van der Waals surface area (Å²) in [6.07, 6.45) is 0.931. The molecule has 0 N–H and O–H groups in total. The molecule has 0 amide bonds. The molecule has 1 rings (SSSR count). The summed E-state index contributed by atoms with van der Waals surface area (Å²) < 4.78 is 4.84. The predicted octanol–water partition coefficient (Wildman–Crippen LogP) is 1.94. The maximum absolute atomic E-state index is 11.5. The van der Waals surface area contributed by atoms with E-state index in [1.807, 2.05) is 0 Å². The van der Waals surface area contributed by atoms with E-state index in [1.54, 1.807) is 0 Å². The third-order valence-electron chi connectivity index (χ3n) is 1.97. The molecule has 17 heavy (non-hydrogen) atoms. The lowest BCUT2D eigenvalue weighted by Crippen LogP contribution is -2.06. The van der Waals surface area contributed by atoms with Gasteiger partial charge in [-0.2, -0.15) is 0 Å². The molecule has 0 aliphatic heterocycles. The lowest BCUT2D eigenvalue weighted by Gasteiger charge is -2.02. The molecular formula is C13H12O4. The fourth-order valence-electron chi connectivity index (χ4n) is 1.19. The van der Waals surface area contributed by atoms with Gasteiger partial charge in [-0.05, 0) is 31.2 Å². The number of rotatable bonds is 5. The Balaban J connectivity index is 2.74. The Hall–Kier alpha value is -2.23. The highest BCUT2D eigenvalue weighted by Gasteiger charge is 2.08. The molecule has 88 valence electrons. The van der Waals surface area contributed by atoms with Crippen LogP contribution in [-0.4, -0.2) is 17.5 Å². The summed E-state index contributed by atoms with van der Waals surface area (Å²) in [6, 6.07) is 6.01. The minimum absolute atomic E-state index is 0.119. The van der Waals surface area contributed by atoms with Gasteiger partial charge >= 0.3 is 5.97 Å². The van der Waals surface area contributed by atoms with Crippen LogP contribution in [0.25, 0.3) is 0 Å². The van der Waals surface area contributed by atoms with Gasteiger partial charge in [0.05, 0.1) is 6.42 Å². The summed E-state index contributed by atoms with van der Waals surface area (Å²) in [5.41, 5.74) is 0.415. The van der Waals surface area contributed by atoms with Crippen LogP contribution in [0, 0.1) is 0 Å². The van der Waals surface area contributed by atoms with E-state index in [9.17, 15) is 14.4 Å². The van der Waals surface area contributed by atoms with Crippen molar-refractivity contribution in [1.29, 1.82) is 0 Å². The SMILES string of the molecule is C=CC(=O)Oc1ccc(C(=O)CC(C)=O)cc1. The Morgan fingerprint density at radius 2 is 1.82 bits per heavy atom. The molecule has 0 saturated carbocycles. The van der Waals surface area contributed by atoms with Crippen molar-refractivity contribution in [2.24, 2.45) is 0 Å². The molecule has 0 radical (unpaired) electrons. The third-order valence-corrected chi connectivity index (χ3v) is 1.97. The van der Waals surface area contributed by atoms with Crippen LogP contribution >= 0.6 is 0 Å². The second-order valence-corrected chi connectivity index (χ2v) is 3.45. The molecule has 0 saturated heterocycles. The standard InChI is InChI=1S/C13H12O4/c1-3-13(16)17-11-6-4-10(5-7-11)12(15)8-9(2)14/h3-7H,1,8H2,2H3. The Kier molecular flexibility index (Phi) is 4.34. The van der Waals surface area contributed by atoms with Crippen molar-refractivity contribution in [3.05, 3.63) is 42.5 Å². The van der Waals surface area contributed by atoms with Crippen LogP contribution in [0.2, 0.25) is 0 Å². The van der Waals surface area contributed by atoms with E-state index in [1.165, 1.54) is 31.2 Å². The number of carbonyl (C=O) groups excluding carboxylic acids is 3. The van der Waals surface area contributed by atoms with Gasteiger partial charge in [0.15, 0.2) is 5.78 Å². The number of hydrogen-bond acceptors (Lipinski definition) is 4. The third kappa shape index (κ3) is 4.03. The van der Waals surface area contributed by atoms with Gasteiger partial charge in [-0.15, -0.1) is 0 Å². The molecule has 0 aliphatic carbocycles. The zero-order valence-corrected chi connectivity index (χ0v) is 9.43. The Labute approximate surface area is 98.9 Å². The number of ether oxygens (including phenoxy) is 1. The Bertz CT molecular complexity index is 457. The first-order chi connectivity index (χ1) is 8.02. The van der Waals surface area contributed by atoms with Crippen molar-refractivity contribution in [3.8, 4) is 5.75 Å². The van der Waals surface area contributed by atoms with Crippen LogP contribution in [0.5, 0.6) is 5.75 Å². The van der Waals surface area contributed by atoms with E-state index in [0.717, 1.165) is 6.08 Å².